The maximum Gasteiger partial charge on any atom is 0.319 e. The number of fused-ring (bicyclic) bond motifs is 1. The number of aliphatic carboxylic acids is 1. The van der Waals surface area contributed by atoms with E-state index in [4.69, 9.17) is 19.3 Å². The first-order valence-electron chi connectivity index (χ1n) is 6.93. The molecule has 0 bridgehead atoms. The maximum atomic E-state index is 11.8. The molecule has 1 aromatic carbocycles. The summed E-state index contributed by atoms with van der Waals surface area (Å²) in [6.45, 7) is 3.18. The number of benzene rings is 1. The van der Waals surface area contributed by atoms with Crippen LogP contribution >= 0.6 is 0 Å². The summed E-state index contributed by atoms with van der Waals surface area (Å²) in [7, 11) is 0. The van der Waals surface area contributed by atoms with Crippen molar-refractivity contribution in [2.24, 2.45) is 0 Å². The third kappa shape index (κ3) is 4.18. The molecule has 2 amide bonds. The van der Waals surface area contributed by atoms with Gasteiger partial charge in [-0.15, -0.1) is 0 Å². The summed E-state index contributed by atoms with van der Waals surface area (Å²) in [4.78, 5) is 22.2. The maximum absolute atomic E-state index is 11.8. The highest BCUT2D eigenvalue weighted by Gasteiger charge is 2.18. The van der Waals surface area contributed by atoms with E-state index in [0.717, 1.165) is 0 Å². The largest absolute Gasteiger partial charge is 0.492 e. The minimum absolute atomic E-state index is 0.0374. The third-order valence-corrected chi connectivity index (χ3v) is 2.82. The molecule has 0 fully saturated rings. The van der Waals surface area contributed by atoms with Crippen LogP contribution in [0.25, 0.3) is 0 Å². The van der Waals surface area contributed by atoms with Crippen molar-refractivity contribution in [3.05, 3.63) is 12.1 Å². The number of carbonyl (C=O) groups excluding carboxylic acids is 1. The zero-order chi connectivity index (χ0) is 15.9. The molecule has 1 heterocycles. The third-order valence-electron chi connectivity index (χ3n) is 2.82. The second-order valence-electron chi connectivity index (χ2n) is 4.45. The molecule has 2 rings (SSSR count). The van der Waals surface area contributed by atoms with Gasteiger partial charge in [0.15, 0.2) is 11.5 Å². The fourth-order valence-electron chi connectivity index (χ4n) is 1.89. The first-order valence-corrected chi connectivity index (χ1v) is 6.93. The Labute approximate surface area is 127 Å². The van der Waals surface area contributed by atoms with Crippen LogP contribution in [0.2, 0.25) is 0 Å². The number of nitrogens with one attached hydrogen (secondary N) is 2. The Kier molecular flexibility index (Phi) is 5.29. The van der Waals surface area contributed by atoms with E-state index >= 15 is 0 Å². The summed E-state index contributed by atoms with van der Waals surface area (Å²) in [5.74, 6) is 0.567. The first kappa shape index (κ1) is 15.7. The van der Waals surface area contributed by atoms with Gasteiger partial charge in [-0.05, 0) is 6.92 Å². The lowest BCUT2D eigenvalue weighted by Gasteiger charge is -2.21. The molecule has 0 saturated heterocycles. The summed E-state index contributed by atoms with van der Waals surface area (Å²) < 4.78 is 16.4. The quantitative estimate of drug-likeness (QED) is 0.734. The topological polar surface area (TPSA) is 106 Å². The lowest BCUT2D eigenvalue weighted by atomic mass is 10.2. The Morgan fingerprint density at radius 3 is 2.59 bits per heavy atom. The average molecular weight is 310 g/mol. The molecule has 0 saturated carbocycles. The molecule has 0 spiro atoms. The molecule has 0 atom stereocenters. The van der Waals surface area contributed by atoms with E-state index in [0.29, 0.717) is 42.8 Å². The fraction of sp³-hybridized carbons (Fsp3) is 0.429. The lowest BCUT2D eigenvalue weighted by molar-refractivity contribution is -0.136. The van der Waals surface area contributed by atoms with Crippen LogP contribution in [0.5, 0.6) is 17.2 Å². The van der Waals surface area contributed by atoms with Crippen LogP contribution in [-0.4, -0.2) is 43.5 Å². The standard InChI is InChI=1S/C14H18N2O6/c1-2-20-10-8-12-11(21-5-6-22-12)7-9(10)16-14(19)15-4-3-13(17)18/h7-8H,2-6H2,1H3,(H,17,18)(H2,15,16,19). The molecular weight excluding hydrogens is 292 g/mol. The normalized spacial score (nSPS) is 12.4. The SMILES string of the molecule is CCOc1cc2c(cc1NC(=O)NCCC(=O)O)OCCO2. The number of carboxylic acids is 1. The van der Waals surface area contributed by atoms with E-state index < -0.39 is 12.0 Å². The van der Waals surface area contributed by atoms with E-state index in [1.54, 1.807) is 12.1 Å². The van der Waals surface area contributed by atoms with Crippen molar-refractivity contribution in [3.8, 4) is 17.2 Å². The van der Waals surface area contributed by atoms with Crippen molar-refractivity contribution in [2.75, 3.05) is 31.7 Å². The van der Waals surface area contributed by atoms with Gasteiger partial charge in [-0.2, -0.15) is 0 Å². The van der Waals surface area contributed by atoms with Crippen molar-refractivity contribution in [1.82, 2.24) is 5.32 Å². The van der Waals surface area contributed by atoms with Gasteiger partial charge in [0.1, 0.15) is 19.0 Å². The van der Waals surface area contributed by atoms with Crippen molar-refractivity contribution in [1.29, 1.82) is 0 Å². The van der Waals surface area contributed by atoms with Gasteiger partial charge in [0.05, 0.1) is 18.7 Å². The number of anilines is 1. The molecule has 3 N–H and O–H groups in total. The molecule has 0 aromatic heterocycles. The van der Waals surface area contributed by atoms with E-state index in [1.807, 2.05) is 6.92 Å². The number of ether oxygens (including phenoxy) is 3. The van der Waals surface area contributed by atoms with E-state index in [-0.39, 0.29) is 13.0 Å². The number of urea groups is 1. The first-order chi connectivity index (χ1) is 10.6. The molecular formula is C14H18N2O6. The van der Waals surface area contributed by atoms with Crippen LogP contribution in [0.15, 0.2) is 12.1 Å². The number of carbonyl (C=O) groups is 2. The van der Waals surface area contributed by atoms with E-state index in [2.05, 4.69) is 10.6 Å². The summed E-state index contributed by atoms with van der Waals surface area (Å²) in [5.41, 5.74) is 0.430. The van der Waals surface area contributed by atoms with Crippen molar-refractivity contribution >= 4 is 17.7 Å². The van der Waals surface area contributed by atoms with Gasteiger partial charge in [-0.1, -0.05) is 0 Å². The molecule has 8 heteroatoms. The predicted octanol–water partition coefficient (Wildman–Crippen LogP) is 1.45. The van der Waals surface area contributed by atoms with Crippen LogP contribution < -0.4 is 24.8 Å². The Morgan fingerprint density at radius 1 is 1.27 bits per heavy atom. The van der Waals surface area contributed by atoms with Gasteiger partial charge in [0.2, 0.25) is 0 Å². The summed E-state index contributed by atoms with van der Waals surface area (Å²) in [6.07, 6.45) is -0.146. The van der Waals surface area contributed by atoms with Gasteiger partial charge >= 0.3 is 12.0 Å². The molecule has 120 valence electrons. The summed E-state index contributed by atoms with van der Waals surface area (Å²) >= 11 is 0. The molecule has 22 heavy (non-hydrogen) atoms. The molecule has 0 unspecified atom stereocenters. The van der Waals surface area contributed by atoms with E-state index in [1.165, 1.54) is 0 Å². The van der Waals surface area contributed by atoms with Crippen molar-refractivity contribution in [2.45, 2.75) is 13.3 Å². The van der Waals surface area contributed by atoms with Crippen LogP contribution in [0.3, 0.4) is 0 Å². The van der Waals surface area contributed by atoms with E-state index in [9.17, 15) is 9.59 Å². The van der Waals surface area contributed by atoms with Gasteiger partial charge in [0.25, 0.3) is 0 Å². The molecule has 1 aromatic rings. The fourth-order valence-corrected chi connectivity index (χ4v) is 1.89. The molecule has 1 aliphatic heterocycles. The van der Waals surface area contributed by atoms with Gasteiger partial charge in [-0.3, -0.25) is 4.79 Å². The van der Waals surface area contributed by atoms with Crippen LogP contribution in [0.1, 0.15) is 13.3 Å². The Bertz CT molecular complexity index is 561. The second kappa shape index (κ2) is 7.39. The smallest absolute Gasteiger partial charge is 0.319 e. The zero-order valence-corrected chi connectivity index (χ0v) is 12.2. The Hall–Kier alpha value is -2.64. The number of carboxylic acid groups (broad SMARTS) is 1. The van der Waals surface area contributed by atoms with Crippen LogP contribution in [0.4, 0.5) is 10.5 Å². The molecule has 0 aliphatic carbocycles. The van der Waals surface area contributed by atoms with Crippen LogP contribution in [0, 0.1) is 0 Å². The molecule has 1 aliphatic rings. The predicted molar refractivity (Wildman–Crippen MR) is 77.9 cm³/mol. The highest BCUT2D eigenvalue weighted by Crippen LogP contribution is 2.39. The minimum atomic E-state index is -0.977. The van der Waals surface area contributed by atoms with Gasteiger partial charge < -0.3 is 30.0 Å². The lowest BCUT2D eigenvalue weighted by Crippen LogP contribution is -2.30. The summed E-state index contributed by atoms with van der Waals surface area (Å²) in [6, 6.07) is 2.76. The minimum Gasteiger partial charge on any atom is -0.492 e. The summed E-state index contributed by atoms with van der Waals surface area (Å²) in [5, 5.41) is 13.6. The number of hydrogen-bond acceptors (Lipinski definition) is 5. The molecule has 8 nitrogen and oxygen atoms in total. The number of amides is 2. The average Bonchev–Trinajstić information content (AvgIpc) is 2.47. The van der Waals surface area contributed by atoms with Crippen molar-refractivity contribution in [3.63, 3.8) is 0 Å². The highest BCUT2D eigenvalue weighted by atomic mass is 16.6. The van der Waals surface area contributed by atoms with Crippen LogP contribution in [-0.2, 0) is 4.79 Å². The number of rotatable bonds is 6. The van der Waals surface area contributed by atoms with Crippen molar-refractivity contribution < 1.29 is 28.9 Å². The number of hydrogen-bond donors (Lipinski definition) is 3. The van der Waals surface area contributed by atoms with Gasteiger partial charge in [0, 0.05) is 18.7 Å². The monoisotopic (exact) mass is 310 g/mol. The molecule has 0 radical (unpaired) electrons. The highest BCUT2D eigenvalue weighted by molar-refractivity contribution is 5.91. The van der Waals surface area contributed by atoms with Gasteiger partial charge in [-0.25, -0.2) is 4.79 Å². The second-order valence-corrected chi connectivity index (χ2v) is 4.45. The Balaban J connectivity index is 2.07. The Morgan fingerprint density at radius 2 is 1.95 bits per heavy atom. The zero-order valence-electron chi connectivity index (χ0n) is 12.2.